The van der Waals surface area contributed by atoms with Gasteiger partial charge in [-0.3, -0.25) is 0 Å². The molecule has 2 nitrogen and oxygen atoms in total. The van der Waals surface area contributed by atoms with Crippen LogP contribution in [-0.2, 0) is 4.74 Å². The van der Waals surface area contributed by atoms with Crippen LogP contribution in [-0.4, -0.2) is 25.8 Å². The molecule has 2 aliphatic carbocycles. The normalized spacial score (nSPS) is 22.6. The van der Waals surface area contributed by atoms with E-state index >= 15 is 0 Å². The Morgan fingerprint density at radius 3 is 2.41 bits per heavy atom. The number of nitrogens with one attached hydrogen (secondary N) is 1. The Morgan fingerprint density at radius 2 is 1.71 bits per heavy atom. The van der Waals surface area contributed by atoms with Crippen molar-refractivity contribution < 1.29 is 4.74 Å². The van der Waals surface area contributed by atoms with Crippen LogP contribution in [0, 0.1) is 5.92 Å². The summed E-state index contributed by atoms with van der Waals surface area (Å²) in [4.78, 5) is 0. The van der Waals surface area contributed by atoms with Crippen molar-refractivity contribution in [3.05, 3.63) is 0 Å². The van der Waals surface area contributed by atoms with Gasteiger partial charge in [-0.2, -0.15) is 0 Å². The van der Waals surface area contributed by atoms with Crippen molar-refractivity contribution in [2.45, 2.75) is 70.3 Å². The van der Waals surface area contributed by atoms with E-state index < -0.39 is 0 Å². The second kappa shape index (κ2) is 8.10. The highest BCUT2D eigenvalue weighted by Gasteiger charge is 2.16. The molecule has 0 amide bonds. The topological polar surface area (TPSA) is 21.3 Å². The summed E-state index contributed by atoms with van der Waals surface area (Å²) in [7, 11) is 0. The van der Waals surface area contributed by atoms with Crippen LogP contribution in [0.3, 0.4) is 0 Å². The van der Waals surface area contributed by atoms with Crippen LogP contribution in [0.15, 0.2) is 0 Å². The Balaban J connectivity index is 1.33. The molecular weight excluding hydrogens is 210 g/mol. The zero-order chi connectivity index (χ0) is 11.8. The lowest BCUT2D eigenvalue weighted by Crippen LogP contribution is -2.32. The van der Waals surface area contributed by atoms with Crippen LogP contribution < -0.4 is 5.32 Å². The first kappa shape index (κ1) is 13.4. The smallest absolute Gasteiger partial charge is 0.0478 e. The summed E-state index contributed by atoms with van der Waals surface area (Å²) in [6, 6.07) is 0.804. The van der Waals surface area contributed by atoms with Gasteiger partial charge in [-0.1, -0.05) is 38.5 Å². The average molecular weight is 239 g/mol. The second-order valence-electron chi connectivity index (χ2n) is 5.84. The molecule has 0 aliphatic heterocycles. The fraction of sp³-hybridized carbons (Fsp3) is 1.00. The molecule has 2 aliphatic rings. The predicted octanol–water partition coefficient (Wildman–Crippen LogP) is 3.51. The molecule has 2 heteroatoms. The lowest BCUT2D eigenvalue weighted by atomic mass is 9.83. The maximum Gasteiger partial charge on any atom is 0.0478 e. The summed E-state index contributed by atoms with van der Waals surface area (Å²) in [6.45, 7) is 3.09. The first-order chi connectivity index (χ1) is 8.45. The van der Waals surface area contributed by atoms with Gasteiger partial charge in [0.1, 0.15) is 0 Å². The van der Waals surface area contributed by atoms with Gasteiger partial charge in [0.15, 0.2) is 0 Å². The molecule has 100 valence electrons. The van der Waals surface area contributed by atoms with E-state index in [1.165, 1.54) is 64.2 Å². The number of hydrogen-bond donors (Lipinski definition) is 1. The summed E-state index contributed by atoms with van der Waals surface area (Å²) >= 11 is 0. The molecule has 2 saturated carbocycles. The monoisotopic (exact) mass is 239 g/mol. The first-order valence-electron chi connectivity index (χ1n) is 7.76. The maximum atomic E-state index is 5.69. The summed E-state index contributed by atoms with van der Waals surface area (Å²) in [5, 5.41) is 3.66. The Labute approximate surface area is 107 Å². The Morgan fingerprint density at radius 1 is 0.882 bits per heavy atom. The highest BCUT2D eigenvalue weighted by atomic mass is 16.5. The van der Waals surface area contributed by atoms with Crippen molar-refractivity contribution in [1.82, 2.24) is 5.32 Å². The highest BCUT2D eigenvalue weighted by molar-refractivity contribution is 4.71. The minimum Gasteiger partial charge on any atom is -0.381 e. The standard InChI is InChI=1S/C15H29NO/c1-2-8-15(9-3-1)16-11-5-12-17-13-10-14-6-4-7-14/h14-16H,1-13H2. The summed E-state index contributed by atoms with van der Waals surface area (Å²) < 4.78 is 5.69. The van der Waals surface area contributed by atoms with Gasteiger partial charge in [0.25, 0.3) is 0 Å². The number of rotatable bonds is 8. The van der Waals surface area contributed by atoms with Gasteiger partial charge in [0.2, 0.25) is 0 Å². The Kier molecular flexibility index (Phi) is 6.36. The van der Waals surface area contributed by atoms with E-state index in [9.17, 15) is 0 Å². The van der Waals surface area contributed by atoms with Gasteiger partial charge in [-0.25, -0.2) is 0 Å². The van der Waals surface area contributed by atoms with Crippen molar-refractivity contribution in [2.75, 3.05) is 19.8 Å². The third kappa shape index (κ3) is 5.39. The van der Waals surface area contributed by atoms with Gasteiger partial charge in [-0.05, 0) is 38.1 Å². The molecule has 0 atom stereocenters. The molecule has 0 unspecified atom stereocenters. The van der Waals surface area contributed by atoms with E-state index in [0.29, 0.717) is 0 Å². The largest absolute Gasteiger partial charge is 0.381 e. The van der Waals surface area contributed by atoms with Gasteiger partial charge in [0, 0.05) is 19.3 Å². The van der Waals surface area contributed by atoms with Crippen LogP contribution in [0.2, 0.25) is 0 Å². The van der Waals surface area contributed by atoms with Crippen molar-refractivity contribution >= 4 is 0 Å². The molecule has 2 rings (SSSR count). The SMILES string of the molecule is C1CCC(NCCCOCCC2CCC2)CC1. The van der Waals surface area contributed by atoms with E-state index in [1.54, 1.807) is 0 Å². The summed E-state index contributed by atoms with van der Waals surface area (Å²) in [5.74, 6) is 0.996. The van der Waals surface area contributed by atoms with Gasteiger partial charge < -0.3 is 10.1 Å². The van der Waals surface area contributed by atoms with Gasteiger partial charge in [0.05, 0.1) is 0 Å². The minimum absolute atomic E-state index is 0.804. The van der Waals surface area contributed by atoms with E-state index in [1.807, 2.05) is 0 Å². The lowest BCUT2D eigenvalue weighted by Gasteiger charge is -2.25. The molecule has 0 aromatic rings. The van der Waals surface area contributed by atoms with Crippen LogP contribution in [0.25, 0.3) is 0 Å². The fourth-order valence-corrected chi connectivity index (χ4v) is 2.92. The minimum atomic E-state index is 0.804. The Bertz CT molecular complexity index is 185. The van der Waals surface area contributed by atoms with E-state index in [-0.39, 0.29) is 0 Å². The molecule has 17 heavy (non-hydrogen) atoms. The molecule has 0 aromatic heterocycles. The molecule has 1 N–H and O–H groups in total. The third-order valence-electron chi connectivity index (χ3n) is 4.40. The van der Waals surface area contributed by atoms with Crippen LogP contribution in [0.4, 0.5) is 0 Å². The molecule has 2 fully saturated rings. The molecule has 0 saturated heterocycles. The quantitative estimate of drug-likeness (QED) is 0.655. The maximum absolute atomic E-state index is 5.69. The molecule has 0 heterocycles. The number of ether oxygens (including phenoxy) is 1. The number of hydrogen-bond acceptors (Lipinski definition) is 2. The zero-order valence-electron chi connectivity index (χ0n) is 11.3. The third-order valence-corrected chi connectivity index (χ3v) is 4.40. The summed E-state index contributed by atoms with van der Waals surface area (Å²) in [5.41, 5.74) is 0. The molecule has 0 radical (unpaired) electrons. The van der Waals surface area contributed by atoms with Gasteiger partial charge >= 0.3 is 0 Å². The first-order valence-corrected chi connectivity index (χ1v) is 7.76. The van der Waals surface area contributed by atoms with Gasteiger partial charge in [-0.15, -0.1) is 0 Å². The van der Waals surface area contributed by atoms with E-state index in [4.69, 9.17) is 4.74 Å². The van der Waals surface area contributed by atoms with Crippen molar-refractivity contribution in [1.29, 1.82) is 0 Å². The fourth-order valence-electron chi connectivity index (χ4n) is 2.92. The molecular formula is C15H29NO. The van der Waals surface area contributed by atoms with Crippen molar-refractivity contribution in [2.24, 2.45) is 5.92 Å². The van der Waals surface area contributed by atoms with Crippen molar-refractivity contribution in [3.63, 3.8) is 0 Å². The molecule has 0 spiro atoms. The molecule has 0 aromatic carbocycles. The highest BCUT2D eigenvalue weighted by Crippen LogP contribution is 2.29. The van der Waals surface area contributed by atoms with E-state index in [0.717, 1.165) is 31.7 Å². The Hall–Kier alpha value is -0.0800. The van der Waals surface area contributed by atoms with Crippen LogP contribution >= 0.6 is 0 Å². The lowest BCUT2D eigenvalue weighted by molar-refractivity contribution is 0.104. The van der Waals surface area contributed by atoms with E-state index in [2.05, 4.69) is 5.32 Å². The zero-order valence-corrected chi connectivity index (χ0v) is 11.3. The van der Waals surface area contributed by atoms with Crippen molar-refractivity contribution in [3.8, 4) is 0 Å². The average Bonchev–Trinajstić information content (AvgIpc) is 2.31. The van der Waals surface area contributed by atoms with Crippen LogP contribution in [0.1, 0.15) is 64.2 Å². The predicted molar refractivity (Wildman–Crippen MR) is 72.3 cm³/mol. The van der Waals surface area contributed by atoms with Crippen LogP contribution in [0.5, 0.6) is 0 Å². The summed E-state index contributed by atoms with van der Waals surface area (Å²) in [6.07, 6.45) is 13.9. The second-order valence-corrected chi connectivity index (χ2v) is 5.84. The molecule has 0 bridgehead atoms.